The van der Waals surface area contributed by atoms with E-state index in [1.54, 1.807) is 0 Å². The number of hydrogen-bond acceptors (Lipinski definition) is 2. The van der Waals surface area contributed by atoms with Crippen LogP contribution in [0.15, 0.2) is 229 Å². The Hall–Kier alpha value is -7.42. The molecule has 10 aromatic rings. The summed E-state index contributed by atoms with van der Waals surface area (Å²) in [6.45, 7) is 0. The van der Waals surface area contributed by atoms with Gasteiger partial charge >= 0.3 is 0 Å². The summed E-state index contributed by atoms with van der Waals surface area (Å²) in [6.07, 6.45) is 0. The Morgan fingerprint density at radius 2 is 0.860 bits per heavy atom. The molecule has 11 rings (SSSR count). The highest BCUT2D eigenvalue weighted by Gasteiger charge is 2.46. The molecule has 2 nitrogen and oxygen atoms in total. The summed E-state index contributed by atoms with van der Waals surface area (Å²) in [5, 5.41) is 2.25. The molecule has 0 amide bonds. The molecule has 0 aliphatic heterocycles. The fourth-order valence-electron chi connectivity index (χ4n) is 9.18. The van der Waals surface area contributed by atoms with Gasteiger partial charge in [0.2, 0.25) is 0 Å². The predicted octanol–water partition coefficient (Wildman–Crippen LogP) is 14.8. The zero-order valence-electron chi connectivity index (χ0n) is 31.2. The van der Waals surface area contributed by atoms with Crippen molar-refractivity contribution in [3.8, 4) is 33.4 Å². The molecule has 0 radical (unpaired) electrons. The smallest absolute Gasteiger partial charge is 0.135 e. The van der Waals surface area contributed by atoms with Gasteiger partial charge in [0, 0.05) is 27.8 Å². The van der Waals surface area contributed by atoms with E-state index in [1.807, 2.05) is 12.1 Å². The van der Waals surface area contributed by atoms with Crippen LogP contribution in [0.2, 0.25) is 0 Å². The first kappa shape index (κ1) is 33.0. The SMILES string of the molecule is c1ccc(-c2ccc(N(c3cccc(-c4ccc5oc6ccccc6c5c4)c3)c3ccc4c(c3)C(c3ccccc3)(c3ccccc3)c3ccccc3-4)cc2)cc1. The third kappa shape index (κ3) is 5.33. The van der Waals surface area contributed by atoms with E-state index in [2.05, 4.69) is 217 Å². The first-order chi connectivity index (χ1) is 28.3. The van der Waals surface area contributed by atoms with E-state index < -0.39 is 5.41 Å². The molecule has 0 bridgehead atoms. The molecule has 1 heterocycles. The molecule has 1 aliphatic carbocycles. The molecular weight excluding hydrogens is 691 g/mol. The lowest BCUT2D eigenvalue weighted by Crippen LogP contribution is -2.28. The third-order valence-corrected chi connectivity index (χ3v) is 11.7. The summed E-state index contributed by atoms with van der Waals surface area (Å²) in [4.78, 5) is 2.41. The van der Waals surface area contributed by atoms with Crippen LogP contribution in [-0.4, -0.2) is 0 Å². The van der Waals surface area contributed by atoms with E-state index >= 15 is 0 Å². The summed E-state index contributed by atoms with van der Waals surface area (Å²) in [7, 11) is 0. The van der Waals surface area contributed by atoms with Crippen molar-refractivity contribution in [2.75, 3.05) is 4.90 Å². The lowest BCUT2D eigenvalue weighted by molar-refractivity contribution is 0.669. The van der Waals surface area contributed by atoms with Gasteiger partial charge in [-0.25, -0.2) is 0 Å². The van der Waals surface area contributed by atoms with Crippen molar-refractivity contribution >= 4 is 39.0 Å². The molecule has 1 aromatic heterocycles. The highest BCUT2D eigenvalue weighted by atomic mass is 16.3. The number of anilines is 3. The molecule has 2 heteroatoms. The van der Waals surface area contributed by atoms with Crippen molar-refractivity contribution in [3.05, 3.63) is 247 Å². The van der Waals surface area contributed by atoms with E-state index in [0.717, 1.165) is 50.1 Å². The van der Waals surface area contributed by atoms with Crippen LogP contribution in [0.3, 0.4) is 0 Å². The lowest BCUT2D eigenvalue weighted by Gasteiger charge is -2.35. The molecule has 0 atom stereocenters. The van der Waals surface area contributed by atoms with Crippen molar-refractivity contribution in [2.24, 2.45) is 0 Å². The second-order valence-corrected chi connectivity index (χ2v) is 14.9. The topological polar surface area (TPSA) is 16.4 Å². The van der Waals surface area contributed by atoms with Gasteiger partial charge in [-0.05, 0) is 110 Å². The summed E-state index contributed by atoms with van der Waals surface area (Å²) in [5.41, 5.74) is 16.9. The average molecular weight is 728 g/mol. The van der Waals surface area contributed by atoms with Crippen molar-refractivity contribution in [1.82, 2.24) is 0 Å². The average Bonchev–Trinajstić information content (AvgIpc) is 3.81. The minimum absolute atomic E-state index is 0.502. The van der Waals surface area contributed by atoms with Gasteiger partial charge in [0.25, 0.3) is 0 Å². The second kappa shape index (κ2) is 13.4. The maximum absolute atomic E-state index is 6.19. The number of para-hydroxylation sites is 1. The number of hydrogen-bond donors (Lipinski definition) is 0. The normalized spacial score (nSPS) is 12.7. The summed E-state index contributed by atoms with van der Waals surface area (Å²) >= 11 is 0. The molecule has 0 saturated heterocycles. The molecule has 0 fully saturated rings. The summed E-state index contributed by atoms with van der Waals surface area (Å²) in [5.74, 6) is 0. The number of fused-ring (bicyclic) bond motifs is 6. The zero-order chi connectivity index (χ0) is 37.8. The Labute approximate surface area is 332 Å². The van der Waals surface area contributed by atoms with Gasteiger partial charge in [-0.1, -0.05) is 170 Å². The first-order valence-corrected chi connectivity index (χ1v) is 19.6. The molecule has 1 aliphatic rings. The molecule has 0 unspecified atom stereocenters. The molecular formula is C55H37NO. The van der Waals surface area contributed by atoms with Crippen molar-refractivity contribution in [1.29, 1.82) is 0 Å². The number of rotatable bonds is 7. The highest BCUT2D eigenvalue weighted by Crippen LogP contribution is 2.57. The summed E-state index contributed by atoms with van der Waals surface area (Å²) in [6, 6.07) is 81.4. The first-order valence-electron chi connectivity index (χ1n) is 19.6. The molecule has 0 saturated carbocycles. The highest BCUT2D eigenvalue weighted by molar-refractivity contribution is 6.06. The number of benzene rings is 9. The molecule has 0 N–H and O–H groups in total. The lowest BCUT2D eigenvalue weighted by atomic mass is 9.67. The van der Waals surface area contributed by atoms with E-state index in [-0.39, 0.29) is 0 Å². The molecule has 0 spiro atoms. The molecule has 268 valence electrons. The minimum atomic E-state index is -0.502. The molecule has 57 heavy (non-hydrogen) atoms. The Morgan fingerprint density at radius 3 is 1.63 bits per heavy atom. The van der Waals surface area contributed by atoms with Crippen LogP contribution in [-0.2, 0) is 5.41 Å². The van der Waals surface area contributed by atoms with Crippen molar-refractivity contribution in [3.63, 3.8) is 0 Å². The van der Waals surface area contributed by atoms with E-state index in [9.17, 15) is 0 Å². The van der Waals surface area contributed by atoms with E-state index in [1.165, 1.54) is 44.5 Å². The maximum Gasteiger partial charge on any atom is 0.135 e. The Morgan fingerprint density at radius 1 is 0.316 bits per heavy atom. The standard InChI is InChI=1S/C55H37NO/c1-4-15-38(16-5-1)39-27-30-44(31-28-39)56(45-22-14-17-40(35-45)41-29-34-54-50(36-41)49-24-11-13-26-53(49)57-54)46-32-33-48-47-23-10-12-25-51(47)55(52(48)37-46,42-18-6-2-7-19-42)43-20-8-3-9-21-43/h1-37H. The van der Waals surface area contributed by atoms with Crippen LogP contribution in [0.5, 0.6) is 0 Å². The number of furan rings is 1. The van der Waals surface area contributed by atoms with Gasteiger partial charge in [-0.15, -0.1) is 0 Å². The van der Waals surface area contributed by atoms with E-state index in [4.69, 9.17) is 4.42 Å². The fraction of sp³-hybridized carbons (Fsp3) is 0.0182. The van der Waals surface area contributed by atoms with Gasteiger partial charge < -0.3 is 9.32 Å². The number of nitrogens with zero attached hydrogens (tertiary/aromatic N) is 1. The second-order valence-electron chi connectivity index (χ2n) is 14.9. The Kier molecular flexibility index (Phi) is 7.75. The quantitative estimate of drug-likeness (QED) is 0.163. The van der Waals surface area contributed by atoms with Gasteiger partial charge in [0.1, 0.15) is 11.2 Å². The maximum atomic E-state index is 6.19. The van der Waals surface area contributed by atoms with Crippen LogP contribution < -0.4 is 4.90 Å². The van der Waals surface area contributed by atoms with Crippen molar-refractivity contribution in [2.45, 2.75) is 5.41 Å². The Balaban J connectivity index is 1.12. The minimum Gasteiger partial charge on any atom is -0.456 e. The van der Waals surface area contributed by atoms with E-state index in [0.29, 0.717) is 0 Å². The van der Waals surface area contributed by atoms with Crippen LogP contribution in [0.25, 0.3) is 55.3 Å². The van der Waals surface area contributed by atoms with Crippen LogP contribution in [0.1, 0.15) is 22.3 Å². The zero-order valence-corrected chi connectivity index (χ0v) is 31.2. The largest absolute Gasteiger partial charge is 0.456 e. The van der Waals surface area contributed by atoms with Crippen LogP contribution in [0, 0.1) is 0 Å². The van der Waals surface area contributed by atoms with Gasteiger partial charge in [-0.3, -0.25) is 0 Å². The third-order valence-electron chi connectivity index (χ3n) is 11.7. The van der Waals surface area contributed by atoms with Crippen molar-refractivity contribution < 1.29 is 4.42 Å². The van der Waals surface area contributed by atoms with Gasteiger partial charge in [0.15, 0.2) is 0 Å². The summed E-state index contributed by atoms with van der Waals surface area (Å²) < 4.78 is 6.19. The van der Waals surface area contributed by atoms with Gasteiger partial charge in [-0.2, -0.15) is 0 Å². The van der Waals surface area contributed by atoms with Gasteiger partial charge in [0.05, 0.1) is 5.41 Å². The monoisotopic (exact) mass is 727 g/mol. The predicted molar refractivity (Wildman–Crippen MR) is 237 cm³/mol. The van der Waals surface area contributed by atoms with Crippen LogP contribution in [0.4, 0.5) is 17.1 Å². The fourth-order valence-corrected chi connectivity index (χ4v) is 9.18. The molecule has 9 aromatic carbocycles. The Bertz CT molecular complexity index is 3020. The van der Waals surface area contributed by atoms with Crippen LogP contribution >= 0.6 is 0 Å².